The molecule has 0 spiro atoms. The summed E-state index contributed by atoms with van der Waals surface area (Å²) in [5.41, 5.74) is 5.60. The quantitative estimate of drug-likeness (QED) is 0.784. The van der Waals surface area contributed by atoms with Crippen LogP contribution in [0.1, 0.15) is 23.6 Å². The smallest absolute Gasteiger partial charge is 0.127 e. The molecule has 0 aromatic heterocycles. The van der Waals surface area contributed by atoms with Crippen LogP contribution < -0.4 is 0 Å². The molecule has 0 radical (unpaired) electrons. The highest BCUT2D eigenvalue weighted by Crippen LogP contribution is 2.28. The Morgan fingerprint density at radius 3 is 2.42 bits per heavy atom. The summed E-state index contributed by atoms with van der Waals surface area (Å²) in [5, 5.41) is 0. The molecule has 2 aromatic rings. The van der Waals surface area contributed by atoms with E-state index in [2.05, 4.69) is 30.1 Å². The molecule has 2 heteroatoms. The first-order chi connectivity index (χ1) is 9.17. The largest absolute Gasteiger partial charge is 0.298 e. The van der Waals surface area contributed by atoms with Crippen LogP contribution in [0.25, 0.3) is 11.1 Å². The summed E-state index contributed by atoms with van der Waals surface area (Å²) < 4.78 is 13.9. The van der Waals surface area contributed by atoms with Crippen LogP contribution >= 0.6 is 0 Å². The maximum absolute atomic E-state index is 13.9. The lowest BCUT2D eigenvalue weighted by atomic mass is 9.99. The van der Waals surface area contributed by atoms with Gasteiger partial charge in [0.15, 0.2) is 0 Å². The number of hydrogen-bond donors (Lipinski definition) is 0. The third kappa shape index (κ3) is 2.28. The van der Waals surface area contributed by atoms with Crippen molar-refractivity contribution in [1.29, 1.82) is 0 Å². The summed E-state index contributed by atoms with van der Waals surface area (Å²) in [5.74, 6) is -0.0994. The van der Waals surface area contributed by atoms with Gasteiger partial charge in [-0.2, -0.15) is 0 Å². The highest BCUT2D eigenvalue weighted by molar-refractivity contribution is 5.65. The molecule has 0 bridgehead atoms. The van der Waals surface area contributed by atoms with Gasteiger partial charge in [0.25, 0.3) is 0 Å². The van der Waals surface area contributed by atoms with Crippen LogP contribution in [0.4, 0.5) is 4.39 Å². The van der Waals surface area contributed by atoms with Crippen LogP contribution in [-0.4, -0.2) is 11.9 Å². The van der Waals surface area contributed by atoms with E-state index < -0.39 is 0 Å². The van der Waals surface area contributed by atoms with E-state index in [4.69, 9.17) is 0 Å². The standard InChI is InChI=1S/C17H18FN/c1-3-12-4-5-14(9-17(12)18)13-6-7-15-10-19(2)11-16(15)8-13/h4-9H,3,10-11H2,1-2H3. The Bertz CT molecular complexity index is 619. The maximum atomic E-state index is 13.9. The zero-order valence-electron chi connectivity index (χ0n) is 11.4. The Balaban J connectivity index is 1.99. The van der Waals surface area contributed by atoms with E-state index in [0.717, 1.165) is 36.2 Å². The van der Waals surface area contributed by atoms with Gasteiger partial charge in [0, 0.05) is 13.1 Å². The van der Waals surface area contributed by atoms with Gasteiger partial charge < -0.3 is 0 Å². The van der Waals surface area contributed by atoms with Crippen LogP contribution in [-0.2, 0) is 19.5 Å². The molecule has 0 saturated heterocycles. The highest BCUT2D eigenvalue weighted by atomic mass is 19.1. The fourth-order valence-corrected chi connectivity index (χ4v) is 2.76. The lowest BCUT2D eigenvalue weighted by Crippen LogP contribution is -2.07. The fourth-order valence-electron chi connectivity index (χ4n) is 2.76. The second-order valence-corrected chi connectivity index (χ2v) is 5.32. The van der Waals surface area contributed by atoms with E-state index in [9.17, 15) is 4.39 Å². The number of fused-ring (bicyclic) bond motifs is 1. The van der Waals surface area contributed by atoms with Crippen LogP contribution in [0, 0.1) is 5.82 Å². The molecule has 1 aliphatic rings. The zero-order chi connectivity index (χ0) is 13.4. The minimum Gasteiger partial charge on any atom is -0.298 e. The normalized spacial score (nSPS) is 14.7. The molecule has 3 rings (SSSR count). The van der Waals surface area contributed by atoms with Gasteiger partial charge >= 0.3 is 0 Å². The van der Waals surface area contributed by atoms with E-state index in [1.807, 2.05) is 19.1 Å². The third-order valence-corrected chi connectivity index (χ3v) is 3.85. The van der Waals surface area contributed by atoms with Crippen molar-refractivity contribution in [3.8, 4) is 11.1 Å². The Morgan fingerprint density at radius 1 is 1.00 bits per heavy atom. The molecular weight excluding hydrogens is 237 g/mol. The molecule has 0 fully saturated rings. The first kappa shape index (κ1) is 12.4. The summed E-state index contributed by atoms with van der Waals surface area (Å²) in [7, 11) is 2.12. The monoisotopic (exact) mass is 255 g/mol. The Morgan fingerprint density at radius 2 is 1.68 bits per heavy atom. The molecule has 2 aromatic carbocycles. The molecule has 0 atom stereocenters. The summed E-state index contributed by atoms with van der Waals surface area (Å²) in [6.45, 7) is 3.97. The Hall–Kier alpha value is -1.67. The van der Waals surface area contributed by atoms with Crippen LogP contribution in [0.5, 0.6) is 0 Å². The average Bonchev–Trinajstić information content (AvgIpc) is 2.77. The molecule has 1 nitrogen and oxygen atoms in total. The van der Waals surface area contributed by atoms with Crippen molar-refractivity contribution in [2.24, 2.45) is 0 Å². The molecule has 0 amide bonds. The summed E-state index contributed by atoms with van der Waals surface area (Å²) in [6, 6.07) is 12.0. The van der Waals surface area contributed by atoms with Gasteiger partial charge in [-0.15, -0.1) is 0 Å². The molecule has 0 unspecified atom stereocenters. The lowest BCUT2D eigenvalue weighted by Gasteiger charge is -2.07. The van der Waals surface area contributed by atoms with Crippen molar-refractivity contribution in [2.45, 2.75) is 26.4 Å². The molecule has 0 saturated carbocycles. The van der Waals surface area contributed by atoms with E-state index in [-0.39, 0.29) is 5.82 Å². The van der Waals surface area contributed by atoms with Gasteiger partial charge in [-0.05, 0) is 53.4 Å². The number of aryl methyl sites for hydroxylation is 1. The first-order valence-electron chi connectivity index (χ1n) is 6.76. The highest BCUT2D eigenvalue weighted by Gasteiger charge is 2.16. The van der Waals surface area contributed by atoms with Crippen molar-refractivity contribution in [1.82, 2.24) is 4.90 Å². The molecule has 1 aliphatic heterocycles. The Kier molecular flexibility index (Phi) is 3.11. The van der Waals surface area contributed by atoms with Crippen molar-refractivity contribution in [3.63, 3.8) is 0 Å². The number of benzene rings is 2. The van der Waals surface area contributed by atoms with E-state index in [1.165, 1.54) is 11.1 Å². The topological polar surface area (TPSA) is 3.24 Å². The fraction of sp³-hybridized carbons (Fsp3) is 0.294. The van der Waals surface area contributed by atoms with E-state index in [1.54, 1.807) is 6.07 Å². The lowest BCUT2D eigenvalue weighted by molar-refractivity contribution is 0.353. The molecular formula is C17H18FN. The minimum atomic E-state index is -0.0994. The molecule has 1 heterocycles. The Labute approximate surface area is 113 Å². The van der Waals surface area contributed by atoms with E-state index >= 15 is 0 Å². The second-order valence-electron chi connectivity index (χ2n) is 5.32. The van der Waals surface area contributed by atoms with Crippen molar-refractivity contribution >= 4 is 0 Å². The number of rotatable bonds is 2. The van der Waals surface area contributed by atoms with Crippen LogP contribution in [0.3, 0.4) is 0 Å². The van der Waals surface area contributed by atoms with Gasteiger partial charge in [-0.1, -0.05) is 31.2 Å². The van der Waals surface area contributed by atoms with E-state index in [0.29, 0.717) is 0 Å². The minimum absolute atomic E-state index is 0.0994. The van der Waals surface area contributed by atoms with Gasteiger partial charge in [-0.3, -0.25) is 4.90 Å². The van der Waals surface area contributed by atoms with Crippen LogP contribution in [0.15, 0.2) is 36.4 Å². The molecule has 0 aliphatic carbocycles. The summed E-state index contributed by atoms with van der Waals surface area (Å²) in [4.78, 5) is 2.29. The molecule has 98 valence electrons. The average molecular weight is 255 g/mol. The predicted octanol–water partition coefficient (Wildman–Crippen LogP) is 4.00. The van der Waals surface area contributed by atoms with Crippen LogP contribution in [0.2, 0.25) is 0 Å². The maximum Gasteiger partial charge on any atom is 0.127 e. The van der Waals surface area contributed by atoms with Crippen molar-refractivity contribution < 1.29 is 4.39 Å². The second kappa shape index (κ2) is 4.78. The van der Waals surface area contributed by atoms with Gasteiger partial charge in [0.1, 0.15) is 5.82 Å². The number of halogens is 1. The zero-order valence-corrected chi connectivity index (χ0v) is 11.4. The van der Waals surface area contributed by atoms with Gasteiger partial charge in [0.05, 0.1) is 0 Å². The summed E-state index contributed by atoms with van der Waals surface area (Å²) in [6.07, 6.45) is 0.737. The van der Waals surface area contributed by atoms with Crippen molar-refractivity contribution in [2.75, 3.05) is 7.05 Å². The number of hydrogen-bond acceptors (Lipinski definition) is 1. The summed E-state index contributed by atoms with van der Waals surface area (Å²) >= 11 is 0. The third-order valence-electron chi connectivity index (χ3n) is 3.85. The predicted molar refractivity (Wildman–Crippen MR) is 76.4 cm³/mol. The van der Waals surface area contributed by atoms with Gasteiger partial charge in [-0.25, -0.2) is 4.39 Å². The SMILES string of the molecule is CCc1ccc(-c2ccc3c(c2)CN(C)C3)cc1F. The van der Waals surface area contributed by atoms with Gasteiger partial charge in [0.2, 0.25) is 0 Å². The first-order valence-corrected chi connectivity index (χ1v) is 6.76. The molecule has 19 heavy (non-hydrogen) atoms. The molecule has 0 N–H and O–H groups in total. The number of nitrogens with zero attached hydrogens (tertiary/aromatic N) is 1. The van der Waals surface area contributed by atoms with Crippen molar-refractivity contribution in [3.05, 3.63) is 58.9 Å².